The van der Waals surface area contributed by atoms with Crippen LogP contribution in [0.3, 0.4) is 0 Å². The van der Waals surface area contributed by atoms with Gasteiger partial charge in [-0.05, 0) is 61.2 Å². The molecule has 192 valence electrons. The minimum Gasteiger partial charge on any atom is -0.352 e. The van der Waals surface area contributed by atoms with Gasteiger partial charge in [0.1, 0.15) is 6.04 Å². The molecule has 2 amide bonds. The second-order valence-electron chi connectivity index (χ2n) is 9.21. The molecule has 0 saturated carbocycles. The lowest BCUT2D eigenvalue weighted by molar-refractivity contribution is -0.140. The number of rotatable bonds is 10. The Kier molecular flexibility index (Phi) is 8.87. The smallest absolute Gasteiger partial charge is 0.243 e. The molecule has 3 aromatic carbocycles. The van der Waals surface area contributed by atoms with Crippen molar-refractivity contribution in [3.05, 3.63) is 77.9 Å². The summed E-state index contributed by atoms with van der Waals surface area (Å²) in [6.45, 7) is 7.30. The molecular weight excluding hydrogens is 474 g/mol. The van der Waals surface area contributed by atoms with Crippen LogP contribution in [0.2, 0.25) is 0 Å². The average Bonchev–Trinajstić information content (AvgIpc) is 2.87. The van der Waals surface area contributed by atoms with Crippen molar-refractivity contribution in [3.8, 4) is 0 Å². The molecule has 0 aliphatic carbocycles. The van der Waals surface area contributed by atoms with E-state index in [1.54, 1.807) is 25.1 Å². The first-order chi connectivity index (χ1) is 17.0. The van der Waals surface area contributed by atoms with Crippen molar-refractivity contribution in [3.63, 3.8) is 0 Å². The maximum Gasteiger partial charge on any atom is 0.243 e. The highest BCUT2D eigenvalue weighted by Gasteiger charge is 2.31. The lowest BCUT2D eigenvalue weighted by Gasteiger charge is -2.31. The van der Waals surface area contributed by atoms with Gasteiger partial charge in [-0.2, -0.15) is 4.31 Å². The van der Waals surface area contributed by atoms with E-state index in [2.05, 4.69) is 5.32 Å². The first kappa shape index (κ1) is 27.4. The van der Waals surface area contributed by atoms with Gasteiger partial charge >= 0.3 is 0 Å². The molecule has 3 aromatic rings. The minimum absolute atomic E-state index is 0.0358. The average molecular weight is 510 g/mol. The summed E-state index contributed by atoms with van der Waals surface area (Å²) in [4.78, 5) is 28.0. The predicted octanol–water partition coefficient (Wildman–Crippen LogP) is 4.10. The van der Waals surface area contributed by atoms with Crippen molar-refractivity contribution in [1.29, 1.82) is 0 Å². The molecule has 0 heterocycles. The monoisotopic (exact) mass is 509 g/mol. The fourth-order valence-corrected chi connectivity index (χ4v) is 5.05. The summed E-state index contributed by atoms with van der Waals surface area (Å²) in [5, 5.41) is 4.66. The van der Waals surface area contributed by atoms with E-state index < -0.39 is 22.0 Å². The fraction of sp³-hybridized carbons (Fsp3) is 0.357. The van der Waals surface area contributed by atoms with Crippen LogP contribution < -0.4 is 5.32 Å². The molecular formula is C28H35N3O4S. The van der Waals surface area contributed by atoms with Crippen LogP contribution in [0.1, 0.15) is 38.3 Å². The van der Waals surface area contributed by atoms with Gasteiger partial charge in [-0.25, -0.2) is 8.42 Å². The summed E-state index contributed by atoms with van der Waals surface area (Å²) >= 11 is 0. The first-order valence-corrected chi connectivity index (χ1v) is 13.6. The van der Waals surface area contributed by atoms with E-state index in [4.69, 9.17) is 0 Å². The van der Waals surface area contributed by atoms with Gasteiger partial charge in [-0.3, -0.25) is 9.59 Å². The Morgan fingerprint density at radius 3 is 2.25 bits per heavy atom. The molecule has 0 fully saturated rings. The molecule has 1 N–H and O–H groups in total. The van der Waals surface area contributed by atoms with Crippen LogP contribution in [0, 0.1) is 6.92 Å². The lowest BCUT2D eigenvalue weighted by atomic mass is 10.1. The number of nitrogens with zero attached hydrogens (tertiary/aromatic N) is 2. The molecule has 0 aliphatic heterocycles. The number of amides is 2. The maximum atomic E-state index is 13.5. The molecule has 0 spiro atoms. The zero-order valence-corrected chi connectivity index (χ0v) is 22.4. The minimum atomic E-state index is -3.92. The summed E-state index contributed by atoms with van der Waals surface area (Å²) in [6, 6.07) is 19.2. The summed E-state index contributed by atoms with van der Waals surface area (Å²) < 4.78 is 27.7. The molecule has 0 aromatic heterocycles. The number of carbonyl (C=O) groups is 2. The van der Waals surface area contributed by atoms with Crippen LogP contribution in [0.25, 0.3) is 10.8 Å². The van der Waals surface area contributed by atoms with Crippen molar-refractivity contribution in [2.75, 3.05) is 13.6 Å². The van der Waals surface area contributed by atoms with Gasteiger partial charge in [0.15, 0.2) is 0 Å². The van der Waals surface area contributed by atoms with E-state index in [0.29, 0.717) is 0 Å². The Hall–Kier alpha value is -3.23. The Bertz CT molecular complexity index is 1340. The molecule has 36 heavy (non-hydrogen) atoms. The van der Waals surface area contributed by atoms with Crippen LogP contribution in [0.5, 0.6) is 0 Å². The third kappa shape index (κ3) is 6.30. The van der Waals surface area contributed by atoms with E-state index in [1.807, 2.05) is 69.3 Å². The van der Waals surface area contributed by atoms with E-state index in [0.717, 1.165) is 32.6 Å². The number of fused-ring (bicyclic) bond motifs is 1. The summed E-state index contributed by atoms with van der Waals surface area (Å²) in [5.74, 6) is -0.719. The number of likely N-dealkylation sites (N-methyl/N-ethyl adjacent to an activating group) is 1. The van der Waals surface area contributed by atoms with Crippen LogP contribution >= 0.6 is 0 Å². The van der Waals surface area contributed by atoms with Gasteiger partial charge in [0.2, 0.25) is 21.8 Å². The van der Waals surface area contributed by atoms with Crippen LogP contribution in [-0.4, -0.2) is 55.1 Å². The third-order valence-electron chi connectivity index (χ3n) is 6.56. The second kappa shape index (κ2) is 11.7. The Balaban J connectivity index is 1.86. The number of sulfonamides is 1. The molecule has 0 saturated heterocycles. The standard InChI is InChI=1S/C28H35N3O4S/c1-6-21(3)29-28(33)22(4)31(18-25-14-8-7-11-20(25)2)27(32)19-30(5)36(34,35)26-16-15-23-12-9-10-13-24(23)17-26/h7-17,21-22H,6,18-19H2,1-5H3,(H,29,33)/t21-,22-/m0/s1. The largest absolute Gasteiger partial charge is 0.352 e. The third-order valence-corrected chi connectivity index (χ3v) is 8.36. The number of aryl methyl sites for hydroxylation is 1. The molecule has 2 atom stereocenters. The number of benzene rings is 3. The van der Waals surface area contributed by atoms with Gasteiger partial charge in [-0.1, -0.05) is 61.5 Å². The zero-order chi connectivity index (χ0) is 26.5. The van der Waals surface area contributed by atoms with Gasteiger partial charge in [-0.15, -0.1) is 0 Å². The Labute approximate surface area is 214 Å². The summed E-state index contributed by atoms with van der Waals surface area (Å²) in [7, 11) is -2.54. The first-order valence-electron chi connectivity index (χ1n) is 12.1. The van der Waals surface area contributed by atoms with Crippen LogP contribution in [-0.2, 0) is 26.2 Å². The molecule has 0 aliphatic rings. The number of nitrogens with one attached hydrogen (secondary N) is 1. The number of hydrogen-bond acceptors (Lipinski definition) is 4. The highest BCUT2D eigenvalue weighted by atomic mass is 32.2. The van der Waals surface area contributed by atoms with Crippen molar-refractivity contribution in [1.82, 2.24) is 14.5 Å². The van der Waals surface area contributed by atoms with Crippen molar-refractivity contribution < 1.29 is 18.0 Å². The van der Waals surface area contributed by atoms with Crippen molar-refractivity contribution >= 4 is 32.6 Å². The molecule has 8 heteroatoms. The topological polar surface area (TPSA) is 86.8 Å². The second-order valence-corrected chi connectivity index (χ2v) is 11.3. The lowest BCUT2D eigenvalue weighted by Crippen LogP contribution is -2.52. The number of hydrogen-bond donors (Lipinski definition) is 1. The predicted molar refractivity (Wildman–Crippen MR) is 143 cm³/mol. The van der Waals surface area contributed by atoms with Gasteiger partial charge in [0, 0.05) is 19.6 Å². The quantitative estimate of drug-likeness (QED) is 0.446. The molecule has 0 unspecified atom stereocenters. The number of carbonyl (C=O) groups excluding carboxylic acids is 2. The SMILES string of the molecule is CC[C@H](C)NC(=O)[C@H](C)N(Cc1ccccc1C)C(=O)CN(C)S(=O)(=O)c1ccc2ccccc2c1. The highest BCUT2D eigenvalue weighted by molar-refractivity contribution is 7.89. The zero-order valence-electron chi connectivity index (χ0n) is 21.6. The van der Waals surface area contributed by atoms with E-state index in [-0.39, 0.29) is 29.9 Å². The van der Waals surface area contributed by atoms with Gasteiger partial charge < -0.3 is 10.2 Å². The van der Waals surface area contributed by atoms with E-state index in [9.17, 15) is 18.0 Å². The Morgan fingerprint density at radius 2 is 1.58 bits per heavy atom. The fourth-order valence-electron chi connectivity index (χ4n) is 3.89. The Morgan fingerprint density at radius 1 is 0.944 bits per heavy atom. The van der Waals surface area contributed by atoms with Gasteiger partial charge in [0.05, 0.1) is 11.4 Å². The molecule has 3 rings (SSSR count). The molecule has 0 bridgehead atoms. The van der Waals surface area contributed by atoms with Crippen molar-refractivity contribution in [2.24, 2.45) is 0 Å². The van der Waals surface area contributed by atoms with Crippen LogP contribution in [0.15, 0.2) is 71.6 Å². The maximum absolute atomic E-state index is 13.5. The van der Waals surface area contributed by atoms with Gasteiger partial charge in [0.25, 0.3) is 0 Å². The van der Waals surface area contributed by atoms with E-state index in [1.165, 1.54) is 11.9 Å². The highest BCUT2D eigenvalue weighted by Crippen LogP contribution is 2.22. The summed E-state index contributed by atoms with van der Waals surface area (Å²) in [5.41, 5.74) is 1.89. The molecule has 0 radical (unpaired) electrons. The summed E-state index contributed by atoms with van der Waals surface area (Å²) in [6.07, 6.45) is 0.761. The molecule has 7 nitrogen and oxygen atoms in total. The van der Waals surface area contributed by atoms with Crippen molar-refractivity contribution in [2.45, 2.75) is 57.6 Å². The van der Waals surface area contributed by atoms with E-state index >= 15 is 0 Å². The van der Waals surface area contributed by atoms with Crippen LogP contribution in [0.4, 0.5) is 0 Å². The normalized spacial score (nSPS) is 13.4.